The third kappa shape index (κ3) is 2.75. The Balaban J connectivity index is 2.12. The Hall–Kier alpha value is -1.82. The summed E-state index contributed by atoms with van der Waals surface area (Å²) in [5, 5.41) is 0.527. The van der Waals surface area contributed by atoms with Crippen LogP contribution in [0.4, 0.5) is 18.9 Å². The maximum atomic E-state index is 13.1. The monoisotopic (exact) mass is 309 g/mol. The molecule has 0 saturated carbocycles. The number of pyridine rings is 1. The summed E-state index contributed by atoms with van der Waals surface area (Å²) in [5.74, 6) is 0.415. The highest BCUT2D eigenvalue weighted by Gasteiger charge is 2.34. The number of hydrogen-bond donors (Lipinski definition) is 1. The standard InChI is InChI=1S/C16H18F3N3/c1-10-7-11(20)9-22(8-10)14-5-4-13(16(17,18)19)15-12(14)3-2-6-21-15/h2-6,10-11H,7-9,20H2,1H3/t10-,11+/m1/s1. The molecule has 6 heteroatoms. The molecule has 2 N–H and O–H groups in total. The molecule has 3 rings (SSSR count). The fourth-order valence-corrected chi connectivity index (χ4v) is 3.26. The van der Waals surface area contributed by atoms with Crippen molar-refractivity contribution < 1.29 is 13.2 Å². The van der Waals surface area contributed by atoms with Gasteiger partial charge in [-0.1, -0.05) is 6.92 Å². The fraction of sp³-hybridized carbons (Fsp3) is 0.438. The van der Waals surface area contributed by atoms with Gasteiger partial charge in [-0.25, -0.2) is 0 Å². The number of rotatable bonds is 1. The Bertz CT molecular complexity index is 674. The molecule has 0 aliphatic carbocycles. The van der Waals surface area contributed by atoms with Gasteiger partial charge in [-0.3, -0.25) is 4.98 Å². The van der Waals surface area contributed by atoms with Gasteiger partial charge in [0, 0.05) is 36.4 Å². The highest BCUT2D eigenvalue weighted by molar-refractivity contribution is 5.94. The molecule has 0 unspecified atom stereocenters. The molecular weight excluding hydrogens is 291 g/mol. The van der Waals surface area contributed by atoms with Crippen molar-refractivity contribution in [2.24, 2.45) is 11.7 Å². The smallest absolute Gasteiger partial charge is 0.369 e. The number of halogens is 3. The summed E-state index contributed by atoms with van der Waals surface area (Å²) >= 11 is 0. The lowest BCUT2D eigenvalue weighted by Gasteiger charge is -2.37. The van der Waals surface area contributed by atoms with Crippen molar-refractivity contribution >= 4 is 16.6 Å². The number of alkyl halides is 3. The molecule has 3 nitrogen and oxygen atoms in total. The number of nitrogens with two attached hydrogens (primary N) is 1. The predicted molar refractivity (Wildman–Crippen MR) is 80.7 cm³/mol. The van der Waals surface area contributed by atoms with E-state index in [0.717, 1.165) is 24.7 Å². The van der Waals surface area contributed by atoms with Crippen molar-refractivity contribution in [2.45, 2.75) is 25.6 Å². The molecule has 1 aromatic heterocycles. The van der Waals surface area contributed by atoms with E-state index in [4.69, 9.17) is 5.73 Å². The lowest BCUT2D eigenvalue weighted by Crippen LogP contribution is -2.46. The van der Waals surface area contributed by atoms with Gasteiger partial charge in [-0.05, 0) is 36.6 Å². The highest BCUT2D eigenvalue weighted by Crippen LogP contribution is 2.38. The van der Waals surface area contributed by atoms with Crippen molar-refractivity contribution in [2.75, 3.05) is 18.0 Å². The van der Waals surface area contributed by atoms with Gasteiger partial charge in [-0.2, -0.15) is 13.2 Å². The largest absolute Gasteiger partial charge is 0.418 e. The van der Waals surface area contributed by atoms with E-state index in [0.29, 0.717) is 17.8 Å². The van der Waals surface area contributed by atoms with Gasteiger partial charge in [0.1, 0.15) is 0 Å². The van der Waals surface area contributed by atoms with E-state index in [-0.39, 0.29) is 11.6 Å². The molecule has 1 fully saturated rings. The first-order valence-corrected chi connectivity index (χ1v) is 7.31. The summed E-state index contributed by atoms with van der Waals surface area (Å²) in [5.41, 5.74) is 6.14. The van der Waals surface area contributed by atoms with Crippen molar-refractivity contribution in [3.8, 4) is 0 Å². The number of nitrogens with zero attached hydrogens (tertiary/aromatic N) is 2. The van der Waals surface area contributed by atoms with Crippen LogP contribution in [0.1, 0.15) is 18.9 Å². The van der Waals surface area contributed by atoms with E-state index in [2.05, 4.69) is 16.8 Å². The maximum absolute atomic E-state index is 13.1. The number of hydrogen-bond acceptors (Lipinski definition) is 3. The first-order chi connectivity index (χ1) is 10.4. The number of benzene rings is 1. The molecule has 1 aliphatic rings. The number of anilines is 1. The Morgan fingerprint density at radius 1 is 1.23 bits per heavy atom. The second-order valence-corrected chi connectivity index (χ2v) is 6.04. The van der Waals surface area contributed by atoms with Crippen LogP contribution in [-0.4, -0.2) is 24.1 Å². The minimum atomic E-state index is -4.41. The summed E-state index contributed by atoms with van der Waals surface area (Å²) in [6, 6.07) is 6.06. The molecule has 0 spiro atoms. The van der Waals surface area contributed by atoms with Crippen LogP contribution in [0.15, 0.2) is 30.5 Å². The van der Waals surface area contributed by atoms with E-state index in [1.54, 1.807) is 12.1 Å². The maximum Gasteiger partial charge on any atom is 0.418 e. The lowest BCUT2D eigenvalue weighted by atomic mass is 9.95. The topological polar surface area (TPSA) is 42.1 Å². The Morgan fingerprint density at radius 2 is 2.00 bits per heavy atom. The van der Waals surface area contributed by atoms with Gasteiger partial charge in [0.05, 0.1) is 11.1 Å². The molecular formula is C16H18F3N3. The molecule has 1 saturated heterocycles. The van der Waals surface area contributed by atoms with Crippen LogP contribution < -0.4 is 10.6 Å². The first kappa shape index (κ1) is 15.1. The van der Waals surface area contributed by atoms with E-state index in [9.17, 15) is 13.2 Å². The quantitative estimate of drug-likeness (QED) is 0.877. The predicted octanol–water partition coefficient (Wildman–Crippen LogP) is 3.43. The molecule has 118 valence electrons. The molecule has 1 aromatic carbocycles. The zero-order chi connectivity index (χ0) is 15.9. The van der Waals surface area contributed by atoms with Crippen molar-refractivity contribution in [3.05, 3.63) is 36.0 Å². The van der Waals surface area contributed by atoms with Gasteiger partial charge in [0.2, 0.25) is 0 Å². The second kappa shape index (κ2) is 5.43. The van der Waals surface area contributed by atoms with Gasteiger partial charge in [-0.15, -0.1) is 0 Å². The van der Waals surface area contributed by atoms with E-state index in [1.165, 1.54) is 12.3 Å². The zero-order valence-electron chi connectivity index (χ0n) is 12.3. The van der Waals surface area contributed by atoms with Crippen LogP contribution in [-0.2, 0) is 6.18 Å². The van der Waals surface area contributed by atoms with Crippen LogP contribution in [0.25, 0.3) is 10.9 Å². The number of aromatic nitrogens is 1. The molecule has 2 aromatic rings. The van der Waals surface area contributed by atoms with Gasteiger partial charge >= 0.3 is 6.18 Å². The average molecular weight is 309 g/mol. The van der Waals surface area contributed by atoms with Gasteiger partial charge in [0.25, 0.3) is 0 Å². The second-order valence-electron chi connectivity index (χ2n) is 6.04. The van der Waals surface area contributed by atoms with Crippen LogP contribution in [0.5, 0.6) is 0 Å². The fourth-order valence-electron chi connectivity index (χ4n) is 3.26. The van der Waals surface area contributed by atoms with E-state index >= 15 is 0 Å². The molecule has 0 bridgehead atoms. The summed E-state index contributed by atoms with van der Waals surface area (Å²) < 4.78 is 39.4. The minimum Gasteiger partial charge on any atom is -0.369 e. The third-order valence-electron chi connectivity index (χ3n) is 4.08. The van der Waals surface area contributed by atoms with Crippen LogP contribution in [0, 0.1) is 5.92 Å². The molecule has 2 heterocycles. The van der Waals surface area contributed by atoms with Gasteiger partial charge in [0.15, 0.2) is 0 Å². The third-order valence-corrected chi connectivity index (χ3v) is 4.08. The normalized spacial score (nSPS) is 23.0. The number of fused-ring (bicyclic) bond motifs is 1. The Morgan fingerprint density at radius 3 is 2.68 bits per heavy atom. The Kier molecular flexibility index (Phi) is 3.72. The van der Waals surface area contributed by atoms with Crippen molar-refractivity contribution in [1.29, 1.82) is 0 Å². The van der Waals surface area contributed by atoms with E-state index < -0.39 is 11.7 Å². The summed E-state index contributed by atoms with van der Waals surface area (Å²) in [6.07, 6.45) is -2.07. The van der Waals surface area contributed by atoms with Crippen LogP contribution in [0.2, 0.25) is 0 Å². The Labute approximate surface area is 126 Å². The molecule has 2 atom stereocenters. The van der Waals surface area contributed by atoms with Gasteiger partial charge < -0.3 is 10.6 Å². The van der Waals surface area contributed by atoms with Crippen LogP contribution >= 0.6 is 0 Å². The molecule has 1 aliphatic heterocycles. The lowest BCUT2D eigenvalue weighted by molar-refractivity contribution is -0.136. The number of piperidine rings is 1. The molecule has 22 heavy (non-hydrogen) atoms. The highest BCUT2D eigenvalue weighted by atomic mass is 19.4. The summed E-state index contributed by atoms with van der Waals surface area (Å²) in [7, 11) is 0. The zero-order valence-corrected chi connectivity index (χ0v) is 12.3. The first-order valence-electron chi connectivity index (χ1n) is 7.31. The molecule has 0 radical (unpaired) electrons. The summed E-state index contributed by atoms with van der Waals surface area (Å²) in [6.45, 7) is 3.55. The van der Waals surface area contributed by atoms with Crippen molar-refractivity contribution in [3.63, 3.8) is 0 Å². The van der Waals surface area contributed by atoms with Crippen LogP contribution in [0.3, 0.4) is 0 Å². The summed E-state index contributed by atoms with van der Waals surface area (Å²) in [4.78, 5) is 6.04. The average Bonchev–Trinajstić information content (AvgIpc) is 2.44. The minimum absolute atomic E-state index is 0.000650. The molecule has 0 amide bonds. The van der Waals surface area contributed by atoms with E-state index in [1.807, 2.05) is 0 Å². The van der Waals surface area contributed by atoms with Crippen molar-refractivity contribution in [1.82, 2.24) is 4.98 Å². The SMILES string of the molecule is C[C@@H]1C[C@H](N)CN(c2ccc(C(F)(F)F)c3ncccc23)C1.